The molecule has 3 aliphatic rings. The monoisotopic (exact) mass is 916 g/mol. The highest BCUT2D eigenvalue weighted by Crippen LogP contribution is 2.43. The molecule has 3 saturated heterocycles. The number of methoxy groups -OCH3 is 2. The van der Waals surface area contributed by atoms with Crippen molar-refractivity contribution in [2.24, 2.45) is 17.8 Å². The Morgan fingerprint density at radius 1 is 0.953 bits per heavy atom. The van der Waals surface area contributed by atoms with Crippen molar-refractivity contribution in [1.82, 2.24) is 15.5 Å². The number of rotatable bonds is 14. The van der Waals surface area contributed by atoms with Gasteiger partial charge in [0.05, 0.1) is 48.6 Å². The van der Waals surface area contributed by atoms with E-state index in [1.807, 2.05) is 39.8 Å². The summed E-state index contributed by atoms with van der Waals surface area (Å²) in [6.45, 7) is 18.9. The Hall–Kier alpha value is -2.10. The van der Waals surface area contributed by atoms with Gasteiger partial charge >= 0.3 is 5.97 Å². The molecule has 0 saturated carbocycles. The summed E-state index contributed by atoms with van der Waals surface area (Å²) in [4.78, 5) is 16.6. The van der Waals surface area contributed by atoms with Crippen molar-refractivity contribution in [3.63, 3.8) is 0 Å². The number of carbonyl (C=O) groups excluding carboxylic acids is 1. The third kappa shape index (κ3) is 12.7. The van der Waals surface area contributed by atoms with Crippen LogP contribution in [0.1, 0.15) is 94.9 Å². The molecule has 0 aliphatic carbocycles. The molecule has 0 spiro atoms. The van der Waals surface area contributed by atoms with Gasteiger partial charge in [0, 0.05) is 45.7 Å². The fourth-order valence-electron chi connectivity index (χ4n) is 9.99. The van der Waals surface area contributed by atoms with Crippen molar-refractivity contribution in [1.29, 1.82) is 0 Å². The maximum atomic E-state index is 14.6. The van der Waals surface area contributed by atoms with E-state index in [0.29, 0.717) is 31.9 Å². The van der Waals surface area contributed by atoms with Gasteiger partial charge in [-0.15, -0.1) is 0 Å². The second-order valence-corrected chi connectivity index (χ2v) is 19.7. The molecule has 3 aliphatic heterocycles. The summed E-state index contributed by atoms with van der Waals surface area (Å²) in [5.74, 6) is -2.83. The number of likely N-dealkylation sites (N-methyl/N-ethyl adjacent to an activating group) is 1. The molecule has 17 heteroatoms. The standard InChI is InChI=1S/C47H82FN3O13/c1-15-36-46(10,55)40(52)31(6)50-25-27(2)23-44(8,54)41(64-43-39(35(51(11)12)22-28(3)59-43)61-34-18-16-33(48)17-19-34)29(4)38(30(5)42(53)62-36)63-37-24-45(9,58-14)47(56,32(7)60-37)26-49-20-21-57-13/h16-19,27-32,35-41,43,49-50,52,54-56H,15,20-26H2,1-14H3/t27-,28-,29+,30-,31-,32+,35+,36-,37+,38+,39-,40-,41-,43+,44-,45-,46-,47+/m1/s1. The van der Waals surface area contributed by atoms with Gasteiger partial charge in [-0.2, -0.15) is 0 Å². The SMILES string of the molecule is CC[C@H]1OC(=O)[C@H](C)[C@@H](O[C@H]2C[C@@](C)(OC)[C@](O)(CNCCOC)[C@H](C)O2)[C@H](C)[C@@H](O[C@@H]2O[C@H](C)C[C@H](N(C)C)[C@H]2Oc2ccc(F)cc2)[C@](C)(O)C[C@@H](C)CN[C@H](C)[C@@H](O)[C@]1(C)O. The molecule has 0 amide bonds. The normalized spacial score (nSPS) is 43.3. The lowest BCUT2D eigenvalue weighted by atomic mass is 9.75. The zero-order chi connectivity index (χ0) is 47.9. The number of ether oxygens (including phenoxy) is 8. The molecule has 1 aromatic carbocycles. The summed E-state index contributed by atoms with van der Waals surface area (Å²) < 4.78 is 65.1. The van der Waals surface area contributed by atoms with Gasteiger partial charge < -0.3 is 73.9 Å². The number of aliphatic hydroxyl groups is 4. The molecule has 64 heavy (non-hydrogen) atoms. The lowest BCUT2D eigenvalue weighted by Gasteiger charge is -2.53. The third-order valence-corrected chi connectivity index (χ3v) is 14.1. The van der Waals surface area contributed by atoms with E-state index >= 15 is 0 Å². The van der Waals surface area contributed by atoms with Crippen LogP contribution in [0.4, 0.5) is 4.39 Å². The predicted molar refractivity (Wildman–Crippen MR) is 238 cm³/mol. The number of hydrogen-bond acceptors (Lipinski definition) is 16. The maximum Gasteiger partial charge on any atom is 0.311 e. The summed E-state index contributed by atoms with van der Waals surface area (Å²) in [5.41, 5.74) is -6.19. The Bertz CT molecular complexity index is 1590. The Kier molecular flexibility index (Phi) is 19.4. The molecule has 0 aromatic heterocycles. The van der Waals surface area contributed by atoms with Crippen LogP contribution in [0.5, 0.6) is 5.75 Å². The molecule has 18 atom stereocenters. The number of benzene rings is 1. The molecular formula is C47H82FN3O13. The Morgan fingerprint density at radius 2 is 1.61 bits per heavy atom. The van der Waals surface area contributed by atoms with Gasteiger partial charge in [-0.3, -0.25) is 4.79 Å². The largest absolute Gasteiger partial charge is 0.483 e. The lowest BCUT2D eigenvalue weighted by Crippen LogP contribution is -2.70. The number of nitrogens with zero attached hydrogens (tertiary/aromatic N) is 1. The minimum Gasteiger partial charge on any atom is -0.483 e. The van der Waals surface area contributed by atoms with E-state index < -0.39 is 101 Å². The van der Waals surface area contributed by atoms with Gasteiger partial charge in [-0.1, -0.05) is 20.8 Å². The van der Waals surface area contributed by atoms with Gasteiger partial charge in [-0.05, 0) is 119 Å². The van der Waals surface area contributed by atoms with E-state index in [-0.39, 0.29) is 43.9 Å². The molecular weight excluding hydrogens is 834 g/mol. The third-order valence-electron chi connectivity index (χ3n) is 14.1. The van der Waals surface area contributed by atoms with Crippen molar-refractivity contribution >= 4 is 5.97 Å². The first-order chi connectivity index (χ1) is 29.8. The first-order valence-corrected chi connectivity index (χ1v) is 23.1. The fraction of sp³-hybridized carbons (Fsp3) is 0.851. The predicted octanol–water partition coefficient (Wildman–Crippen LogP) is 3.39. The zero-order valence-corrected chi connectivity index (χ0v) is 40.8. The first-order valence-electron chi connectivity index (χ1n) is 23.1. The summed E-state index contributed by atoms with van der Waals surface area (Å²) >= 11 is 0. The van der Waals surface area contributed by atoms with Crippen LogP contribution in [0.2, 0.25) is 0 Å². The maximum absolute atomic E-state index is 14.6. The van der Waals surface area contributed by atoms with E-state index in [9.17, 15) is 29.6 Å². The van der Waals surface area contributed by atoms with Gasteiger partial charge in [0.1, 0.15) is 40.6 Å². The Labute approximate surface area is 381 Å². The topological polar surface area (TPSA) is 199 Å². The van der Waals surface area contributed by atoms with Crippen molar-refractivity contribution < 1.29 is 67.5 Å². The first kappa shape index (κ1) is 54.5. The number of cyclic esters (lactones) is 1. The summed E-state index contributed by atoms with van der Waals surface area (Å²) in [7, 11) is 6.98. The number of hydrogen-bond donors (Lipinski definition) is 6. The van der Waals surface area contributed by atoms with E-state index in [0.717, 1.165) is 0 Å². The number of halogens is 1. The van der Waals surface area contributed by atoms with Gasteiger partial charge in [0.2, 0.25) is 0 Å². The minimum absolute atomic E-state index is 0.0453. The molecule has 16 nitrogen and oxygen atoms in total. The van der Waals surface area contributed by atoms with Crippen LogP contribution < -0.4 is 15.4 Å². The number of carbonyl (C=O) groups is 1. The van der Waals surface area contributed by atoms with Crippen LogP contribution in [0.3, 0.4) is 0 Å². The van der Waals surface area contributed by atoms with Crippen molar-refractivity contribution in [3.8, 4) is 5.75 Å². The van der Waals surface area contributed by atoms with Crippen LogP contribution >= 0.6 is 0 Å². The highest BCUT2D eigenvalue weighted by atomic mass is 19.1. The van der Waals surface area contributed by atoms with Crippen molar-refractivity contribution in [2.45, 2.75) is 185 Å². The molecule has 0 radical (unpaired) electrons. The lowest BCUT2D eigenvalue weighted by molar-refractivity contribution is -0.335. The van der Waals surface area contributed by atoms with Crippen LogP contribution in [-0.2, 0) is 38.0 Å². The molecule has 370 valence electrons. The fourth-order valence-corrected chi connectivity index (χ4v) is 9.99. The Morgan fingerprint density at radius 3 is 2.20 bits per heavy atom. The average Bonchev–Trinajstić information content (AvgIpc) is 3.23. The molecule has 6 N–H and O–H groups in total. The highest BCUT2D eigenvalue weighted by Gasteiger charge is 2.58. The Balaban J connectivity index is 1.85. The molecule has 0 unspecified atom stereocenters. The van der Waals surface area contributed by atoms with E-state index in [4.69, 9.17) is 37.9 Å². The number of aliphatic hydroxyl groups excluding tert-OH is 1. The van der Waals surface area contributed by atoms with Gasteiger partial charge in [0.15, 0.2) is 18.7 Å². The minimum atomic E-state index is -1.85. The molecule has 3 heterocycles. The van der Waals surface area contributed by atoms with Crippen LogP contribution in [0.25, 0.3) is 0 Å². The van der Waals surface area contributed by atoms with Gasteiger partial charge in [-0.25, -0.2) is 4.39 Å². The molecule has 1 aromatic rings. The average molecular weight is 916 g/mol. The van der Waals surface area contributed by atoms with Crippen LogP contribution in [0.15, 0.2) is 24.3 Å². The summed E-state index contributed by atoms with van der Waals surface area (Å²) in [6.07, 6.45) is -7.63. The van der Waals surface area contributed by atoms with Crippen molar-refractivity contribution in [2.75, 3.05) is 54.6 Å². The van der Waals surface area contributed by atoms with E-state index in [1.165, 1.54) is 26.2 Å². The summed E-state index contributed by atoms with van der Waals surface area (Å²) in [5, 5.41) is 54.9. The molecule has 0 bridgehead atoms. The zero-order valence-electron chi connectivity index (χ0n) is 40.8. The highest BCUT2D eigenvalue weighted by molar-refractivity contribution is 5.73. The number of esters is 1. The number of nitrogens with one attached hydrogen (secondary N) is 2. The molecule has 4 rings (SSSR count). The smallest absolute Gasteiger partial charge is 0.311 e. The summed E-state index contributed by atoms with van der Waals surface area (Å²) in [6, 6.07) is 4.86. The second-order valence-electron chi connectivity index (χ2n) is 19.7. The molecule has 3 fully saturated rings. The second kappa shape index (κ2) is 22.8. The quantitative estimate of drug-likeness (QED) is 0.117. The van der Waals surface area contributed by atoms with Crippen LogP contribution in [-0.4, -0.2) is 176 Å². The van der Waals surface area contributed by atoms with E-state index in [1.54, 1.807) is 60.8 Å². The van der Waals surface area contributed by atoms with Gasteiger partial charge in [0.25, 0.3) is 0 Å². The van der Waals surface area contributed by atoms with Crippen molar-refractivity contribution in [3.05, 3.63) is 30.1 Å². The van der Waals surface area contributed by atoms with Crippen LogP contribution in [0, 0.1) is 23.6 Å². The van der Waals surface area contributed by atoms with E-state index in [2.05, 4.69) is 10.6 Å².